The molecule has 0 saturated heterocycles. The summed E-state index contributed by atoms with van der Waals surface area (Å²) >= 11 is 0. The molecule has 0 amide bonds. The van der Waals surface area contributed by atoms with E-state index in [9.17, 15) is 4.79 Å². The van der Waals surface area contributed by atoms with Crippen molar-refractivity contribution < 1.29 is 9.53 Å². The van der Waals surface area contributed by atoms with Crippen molar-refractivity contribution in [2.24, 2.45) is 5.92 Å². The van der Waals surface area contributed by atoms with Crippen LogP contribution in [0.15, 0.2) is 0 Å². The standard InChI is InChI=1S/C10H16N4O2.ClH/c1-16-9(15)7-5-3-2-4-6(7)8-12-10(11)14-13-8;/h6-7H,2-5H2,1H3,(H3,11,12,13,14);1H. The van der Waals surface area contributed by atoms with E-state index in [-0.39, 0.29) is 36.2 Å². The van der Waals surface area contributed by atoms with Gasteiger partial charge in [-0.15, -0.1) is 17.5 Å². The second-order valence-electron chi connectivity index (χ2n) is 4.10. The smallest absolute Gasteiger partial charge is 0.309 e. The molecule has 1 saturated carbocycles. The minimum atomic E-state index is -0.167. The Balaban J connectivity index is 0.00000144. The van der Waals surface area contributed by atoms with E-state index in [0.29, 0.717) is 5.82 Å². The molecule has 2 atom stereocenters. The fourth-order valence-corrected chi connectivity index (χ4v) is 2.35. The molecule has 1 aromatic heterocycles. The van der Waals surface area contributed by atoms with Gasteiger partial charge in [-0.25, -0.2) is 0 Å². The molecule has 1 aromatic rings. The maximum absolute atomic E-state index is 11.6. The maximum atomic E-state index is 11.6. The minimum absolute atomic E-state index is 0. The lowest BCUT2D eigenvalue weighted by Gasteiger charge is -2.27. The molecule has 1 aliphatic carbocycles. The van der Waals surface area contributed by atoms with Gasteiger partial charge in [-0.05, 0) is 12.8 Å². The summed E-state index contributed by atoms with van der Waals surface area (Å²) in [6.45, 7) is 0. The highest BCUT2D eigenvalue weighted by Crippen LogP contribution is 2.36. The predicted octanol–water partition coefficient (Wildman–Crippen LogP) is 1.26. The van der Waals surface area contributed by atoms with Crippen LogP contribution in [0.2, 0.25) is 0 Å². The summed E-state index contributed by atoms with van der Waals surface area (Å²) in [4.78, 5) is 15.7. The normalized spacial score (nSPS) is 23.8. The molecule has 96 valence electrons. The number of esters is 1. The zero-order chi connectivity index (χ0) is 11.5. The first kappa shape index (κ1) is 13.8. The molecule has 2 unspecified atom stereocenters. The van der Waals surface area contributed by atoms with Gasteiger partial charge in [-0.2, -0.15) is 4.98 Å². The topological polar surface area (TPSA) is 93.9 Å². The van der Waals surface area contributed by atoms with Crippen molar-refractivity contribution >= 4 is 24.3 Å². The first-order valence-electron chi connectivity index (χ1n) is 5.48. The van der Waals surface area contributed by atoms with Crippen LogP contribution < -0.4 is 5.73 Å². The van der Waals surface area contributed by atoms with Crippen molar-refractivity contribution in [3.05, 3.63) is 5.82 Å². The Labute approximate surface area is 106 Å². The highest BCUT2D eigenvalue weighted by Gasteiger charge is 2.34. The van der Waals surface area contributed by atoms with E-state index < -0.39 is 0 Å². The first-order chi connectivity index (χ1) is 7.72. The average molecular weight is 261 g/mol. The molecular formula is C10H17ClN4O2. The van der Waals surface area contributed by atoms with Crippen molar-refractivity contribution in [1.29, 1.82) is 0 Å². The number of nitrogens with one attached hydrogen (secondary N) is 1. The Morgan fingerprint density at radius 1 is 1.47 bits per heavy atom. The van der Waals surface area contributed by atoms with Gasteiger partial charge in [0.05, 0.1) is 13.0 Å². The van der Waals surface area contributed by atoms with Crippen LogP contribution in [0, 0.1) is 5.92 Å². The van der Waals surface area contributed by atoms with E-state index in [1.807, 2.05) is 0 Å². The summed E-state index contributed by atoms with van der Waals surface area (Å²) in [5.41, 5.74) is 5.47. The van der Waals surface area contributed by atoms with Gasteiger partial charge >= 0.3 is 5.97 Å². The highest BCUT2D eigenvalue weighted by molar-refractivity contribution is 5.85. The van der Waals surface area contributed by atoms with Crippen LogP contribution in [0.3, 0.4) is 0 Å². The Hall–Kier alpha value is -1.30. The monoisotopic (exact) mass is 260 g/mol. The zero-order valence-electron chi connectivity index (χ0n) is 9.68. The fraction of sp³-hybridized carbons (Fsp3) is 0.700. The average Bonchev–Trinajstić information content (AvgIpc) is 2.75. The number of halogens is 1. The summed E-state index contributed by atoms with van der Waals surface area (Å²) in [5, 5.41) is 6.59. The Morgan fingerprint density at radius 3 is 2.76 bits per heavy atom. The van der Waals surface area contributed by atoms with E-state index in [1.54, 1.807) is 0 Å². The van der Waals surface area contributed by atoms with Crippen LogP contribution >= 0.6 is 12.4 Å². The van der Waals surface area contributed by atoms with Crippen molar-refractivity contribution in [3.8, 4) is 0 Å². The molecule has 0 aromatic carbocycles. The van der Waals surface area contributed by atoms with Gasteiger partial charge in [-0.3, -0.25) is 9.89 Å². The third-order valence-corrected chi connectivity index (χ3v) is 3.14. The number of anilines is 1. The van der Waals surface area contributed by atoms with Crippen molar-refractivity contribution in [1.82, 2.24) is 15.2 Å². The number of H-pyrrole nitrogens is 1. The Morgan fingerprint density at radius 2 is 2.18 bits per heavy atom. The fourth-order valence-electron chi connectivity index (χ4n) is 2.35. The van der Waals surface area contributed by atoms with Crippen molar-refractivity contribution in [2.45, 2.75) is 31.6 Å². The lowest BCUT2D eigenvalue weighted by molar-refractivity contribution is -0.147. The summed E-state index contributed by atoms with van der Waals surface area (Å²) < 4.78 is 4.82. The van der Waals surface area contributed by atoms with Gasteiger partial charge in [0.2, 0.25) is 5.95 Å². The SMILES string of the molecule is COC(=O)C1CCCCC1c1nc(N)n[nH]1.Cl. The number of aromatic amines is 1. The third-order valence-electron chi connectivity index (χ3n) is 3.14. The van der Waals surface area contributed by atoms with E-state index in [4.69, 9.17) is 10.5 Å². The molecule has 1 fully saturated rings. The molecule has 1 aliphatic rings. The van der Waals surface area contributed by atoms with E-state index in [2.05, 4.69) is 15.2 Å². The number of methoxy groups -OCH3 is 1. The van der Waals surface area contributed by atoms with E-state index in [1.165, 1.54) is 7.11 Å². The molecule has 3 N–H and O–H groups in total. The van der Waals surface area contributed by atoms with Crippen LogP contribution in [0.4, 0.5) is 5.95 Å². The van der Waals surface area contributed by atoms with E-state index in [0.717, 1.165) is 25.7 Å². The van der Waals surface area contributed by atoms with Crippen LogP contribution in [-0.4, -0.2) is 28.3 Å². The number of nitrogen functional groups attached to an aromatic ring is 1. The quantitative estimate of drug-likeness (QED) is 0.781. The highest BCUT2D eigenvalue weighted by atomic mass is 35.5. The lowest BCUT2D eigenvalue weighted by Crippen LogP contribution is -2.27. The molecular weight excluding hydrogens is 244 g/mol. The van der Waals surface area contributed by atoms with Gasteiger partial charge in [-0.1, -0.05) is 12.8 Å². The first-order valence-corrected chi connectivity index (χ1v) is 5.48. The number of nitrogens with zero attached hydrogens (tertiary/aromatic N) is 2. The molecule has 0 bridgehead atoms. The number of ether oxygens (including phenoxy) is 1. The second-order valence-corrected chi connectivity index (χ2v) is 4.10. The molecule has 7 heteroatoms. The second kappa shape index (κ2) is 5.86. The molecule has 0 spiro atoms. The molecule has 6 nitrogen and oxygen atoms in total. The van der Waals surface area contributed by atoms with Crippen LogP contribution in [0.1, 0.15) is 37.4 Å². The zero-order valence-corrected chi connectivity index (χ0v) is 10.5. The minimum Gasteiger partial charge on any atom is -0.469 e. The Kier molecular flexibility index (Phi) is 4.74. The summed E-state index contributed by atoms with van der Waals surface area (Å²) in [6, 6.07) is 0. The van der Waals surface area contributed by atoms with Crippen LogP contribution in [0.5, 0.6) is 0 Å². The van der Waals surface area contributed by atoms with Gasteiger partial charge in [0, 0.05) is 5.92 Å². The van der Waals surface area contributed by atoms with Gasteiger partial charge < -0.3 is 10.5 Å². The third kappa shape index (κ3) is 2.88. The van der Waals surface area contributed by atoms with E-state index >= 15 is 0 Å². The molecule has 1 heterocycles. The van der Waals surface area contributed by atoms with Crippen molar-refractivity contribution in [3.63, 3.8) is 0 Å². The van der Waals surface area contributed by atoms with Crippen LogP contribution in [-0.2, 0) is 9.53 Å². The number of aromatic nitrogens is 3. The number of rotatable bonds is 2. The number of hydrogen-bond acceptors (Lipinski definition) is 5. The van der Waals surface area contributed by atoms with Gasteiger partial charge in [0.25, 0.3) is 0 Å². The molecule has 17 heavy (non-hydrogen) atoms. The summed E-state index contributed by atoms with van der Waals surface area (Å²) in [7, 11) is 1.42. The van der Waals surface area contributed by atoms with Gasteiger partial charge in [0.1, 0.15) is 5.82 Å². The number of carbonyl (C=O) groups excluding carboxylic acids is 1. The summed E-state index contributed by atoms with van der Waals surface area (Å²) in [5.74, 6) is 0.702. The largest absolute Gasteiger partial charge is 0.469 e. The molecule has 0 aliphatic heterocycles. The number of carbonyl (C=O) groups is 1. The number of hydrogen-bond donors (Lipinski definition) is 2. The Bertz CT molecular complexity index is 382. The summed E-state index contributed by atoms with van der Waals surface area (Å²) in [6.07, 6.45) is 3.92. The molecule has 0 radical (unpaired) electrons. The lowest BCUT2D eigenvalue weighted by atomic mass is 9.79. The van der Waals surface area contributed by atoms with Gasteiger partial charge in [0.15, 0.2) is 0 Å². The predicted molar refractivity (Wildman–Crippen MR) is 64.8 cm³/mol. The van der Waals surface area contributed by atoms with Crippen molar-refractivity contribution in [2.75, 3.05) is 12.8 Å². The van der Waals surface area contributed by atoms with Crippen LogP contribution in [0.25, 0.3) is 0 Å². The maximum Gasteiger partial charge on any atom is 0.309 e. The molecule has 2 rings (SSSR count). The number of nitrogens with two attached hydrogens (primary N) is 1.